The van der Waals surface area contributed by atoms with Gasteiger partial charge in [-0.25, -0.2) is 4.79 Å². The van der Waals surface area contributed by atoms with E-state index in [-0.39, 0.29) is 37.1 Å². The number of carbonyl (C=O) groups is 4. The van der Waals surface area contributed by atoms with Gasteiger partial charge in [0.05, 0.1) is 0 Å². The molecule has 0 aromatic heterocycles. The number of nitrogens with two attached hydrogens (primary N) is 3. The normalized spacial score (nSPS) is 15.7. The first-order chi connectivity index (χ1) is 18.5. The number of nitrogens with zero attached hydrogens (tertiary/aromatic N) is 1. The first-order valence-electron chi connectivity index (χ1n) is 13.1. The van der Waals surface area contributed by atoms with Crippen LogP contribution in [-0.4, -0.2) is 66.3 Å². The molecule has 0 aliphatic heterocycles. The average Bonchev–Trinajstić information content (AvgIpc) is 2.91. The first-order valence-corrected chi connectivity index (χ1v) is 13.1. The van der Waals surface area contributed by atoms with Crippen LogP contribution in [0.3, 0.4) is 0 Å². The van der Waals surface area contributed by atoms with Crippen LogP contribution < -0.4 is 33.2 Å². The third-order valence-electron chi connectivity index (χ3n) is 6.85. The summed E-state index contributed by atoms with van der Waals surface area (Å²) in [5.41, 5.74) is 17.3. The quantitative estimate of drug-likeness (QED) is 0.0659. The maximum absolute atomic E-state index is 13.4. The molecule has 1 aliphatic rings. The van der Waals surface area contributed by atoms with E-state index in [0.29, 0.717) is 30.4 Å². The summed E-state index contributed by atoms with van der Waals surface area (Å²) in [5.74, 6) is -4.49. The van der Waals surface area contributed by atoms with Crippen LogP contribution in [0.15, 0.2) is 29.3 Å². The van der Waals surface area contributed by atoms with Gasteiger partial charge in [-0.05, 0) is 43.6 Å². The van der Waals surface area contributed by atoms with Crippen molar-refractivity contribution in [2.75, 3.05) is 13.6 Å². The molecule has 1 aliphatic carbocycles. The highest BCUT2D eigenvalue weighted by atomic mass is 16.4. The van der Waals surface area contributed by atoms with E-state index in [1.807, 2.05) is 0 Å². The van der Waals surface area contributed by atoms with E-state index in [2.05, 4.69) is 20.9 Å². The standard InChI is InChI=1S/C26H40N8O5/c1-31-22(35)18(14-15-9-11-17(12-10-15)21(27)28)23(36)34-20(16-6-3-2-4-7-16)24(37)33-19(25(38)39)8-5-13-32-26(29)30/h9-12,16,18-20H,2-8,13-14H2,1H3,(H3,27,28)(H,31,35)(H,33,37)(H,34,36)(H,38,39)(H4,29,30,32)/t18?,19-,20-/m0/s1. The maximum atomic E-state index is 13.4. The van der Waals surface area contributed by atoms with Crippen LogP contribution in [0.5, 0.6) is 0 Å². The minimum atomic E-state index is -1.21. The number of hydrogen-bond donors (Lipinski definition) is 8. The lowest BCUT2D eigenvalue weighted by molar-refractivity contribution is -0.143. The Labute approximate surface area is 227 Å². The van der Waals surface area contributed by atoms with Gasteiger partial charge in [0.15, 0.2) is 5.96 Å². The van der Waals surface area contributed by atoms with Crippen molar-refractivity contribution in [1.82, 2.24) is 16.0 Å². The fourth-order valence-electron chi connectivity index (χ4n) is 4.68. The summed E-state index contributed by atoms with van der Waals surface area (Å²) in [7, 11) is 1.42. The van der Waals surface area contributed by atoms with Crippen LogP contribution in [0.2, 0.25) is 0 Å². The number of nitrogens with one attached hydrogen (secondary N) is 4. The summed E-state index contributed by atoms with van der Waals surface area (Å²) in [4.78, 5) is 55.1. The number of aliphatic imine (C=N–C) groups is 1. The Morgan fingerprint density at radius 2 is 1.64 bits per heavy atom. The summed E-state index contributed by atoms with van der Waals surface area (Å²) in [6.07, 6.45) is 4.65. The third-order valence-corrected chi connectivity index (χ3v) is 6.85. The van der Waals surface area contributed by atoms with Crippen molar-refractivity contribution in [2.45, 2.75) is 63.5 Å². The molecule has 1 saturated carbocycles. The number of carboxylic acid groups (broad SMARTS) is 1. The maximum Gasteiger partial charge on any atom is 0.326 e. The molecule has 0 radical (unpaired) electrons. The van der Waals surface area contributed by atoms with Gasteiger partial charge < -0.3 is 38.3 Å². The van der Waals surface area contributed by atoms with Gasteiger partial charge in [0.25, 0.3) is 0 Å². The second kappa shape index (κ2) is 15.3. The molecule has 0 saturated heterocycles. The third kappa shape index (κ3) is 9.91. The lowest BCUT2D eigenvalue weighted by Gasteiger charge is -2.32. The van der Waals surface area contributed by atoms with E-state index in [0.717, 1.165) is 19.3 Å². The fourth-order valence-corrected chi connectivity index (χ4v) is 4.68. The van der Waals surface area contributed by atoms with Gasteiger partial charge in [0.2, 0.25) is 17.7 Å². The van der Waals surface area contributed by atoms with Crippen molar-refractivity contribution in [1.29, 1.82) is 5.41 Å². The van der Waals surface area contributed by atoms with Crippen molar-refractivity contribution in [2.24, 2.45) is 34.0 Å². The Hall–Kier alpha value is -4.16. The number of benzene rings is 1. The largest absolute Gasteiger partial charge is 0.480 e. The summed E-state index contributed by atoms with van der Waals surface area (Å²) < 4.78 is 0. The van der Waals surface area contributed by atoms with E-state index < -0.39 is 41.7 Å². The first kappa shape index (κ1) is 31.1. The number of amides is 3. The highest BCUT2D eigenvalue weighted by Crippen LogP contribution is 2.27. The topological polar surface area (TPSA) is 239 Å². The molecule has 0 heterocycles. The number of carboxylic acids is 1. The summed E-state index contributed by atoms with van der Waals surface area (Å²) in [6.45, 7) is 0.214. The van der Waals surface area contributed by atoms with Crippen LogP contribution in [0.4, 0.5) is 0 Å². The minimum absolute atomic E-state index is 0.0608. The molecule has 0 spiro atoms. The Morgan fingerprint density at radius 3 is 2.18 bits per heavy atom. The van der Waals surface area contributed by atoms with Gasteiger partial charge >= 0.3 is 5.97 Å². The van der Waals surface area contributed by atoms with Crippen LogP contribution in [0.25, 0.3) is 0 Å². The van der Waals surface area contributed by atoms with Crippen LogP contribution in [0, 0.1) is 17.2 Å². The van der Waals surface area contributed by atoms with Crippen LogP contribution in [0.1, 0.15) is 56.1 Å². The molecule has 13 heteroatoms. The smallest absolute Gasteiger partial charge is 0.326 e. The van der Waals surface area contributed by atoms with Crippen molar-refractivity contribution in [3.8, 4) is 0 Å². The van der Waals surface area contributed by atoms with E-state index in [1.165, 1.54) is 7.05 Å². The summed E-state index contributed by atoms with van der Waals surface area (Å²) in [6, 6.07) is 4.45. The number of aliphatic carboxylic acids is 1. The number of nitrogen functional groups attached to an aromatic ring is 1. The highest BCUT2D eigenvalue weighted by molar-refractivity contribution is 6.02. The predicted octanol–water partition coefficient (Wildman–Crippen LogP) is -0.437. The Balaban J connectivity index is 2.21. The van der Waals surface area contributed by atoms with Crippen LogP contribution >= 0.6 is 0 Å². The van der Waals surface area contributed by atoms with Gasteiger partial charge in [-0.2, -0.15) is 0 Å². The monoisotopic (exact) mass is 544 g/mol. The number of guanidine groups is 1. The lowest BCUT2D eigenvalue weighted by Crippen LogP contribution is -2.56. The van der Waals surface area contributed by atoms with Gasteiger partial charge in [-0.15, -0.1) is 0 Å². The summed E-state index contributed by atoms with van der Waals surface area (Å²) in [5, 5.41) is 25.0. The van der Waals surface area contributed by atoms with Crippen LogP contribution in [-0.2, 0) is 25.6 Å². The second-order valence-electron chi connectivity index (χ2n) is 9.71. The molecule has 1 aromatic rings. The fraction of sp³-hybridized carbons (Fsp3) is 0.538. The molecule has 214 valence electrons. The van der Waals surface area contributed by atoms with E-state index in [9.17, 15) is 24.3 Å². The van der Waals surface area contributed by atoms with E-state index in [1.54, 1.807) is 24.3 Å². The molecule has 2 rings (SSSR count). The van der Waals surface area contributed by atoms with Gasteiger partial charge in [0.1, 0.15) is 23.8 Å². The second-order valence-corrected chi connectivity index (χ2v) is 9.71. The van der Waals surface area contributed by atoms with Gasteiger partial charge in [-0.1, -0.05) is 43.5 Å². The number of carbonyl (C=O) groups excluding carboxylic acids is 3. The summed E-state index contributed by atoms with van der Waals surface area (Å²) >= 11 is 0. The highest BCUT2D eigenvalue weighted by Gasteiger charge is 2.36. The Kier molecular flexibility index (Phi) is 12.2. The van der Waals surface area contributed by atoms with Gasteiger partial charge in [-0.3, -0.25) is 24.8 Å². The van der Waals surface area contributed by atoms with Crippen molar-refractivity contribution in [3.05, 3.63) is 35.4 Å². The minimum Gasteiger partial charge on any atom is -0.480 e. The number of amidine groups is 1. The zero-order chi connectivity index (χ0) is 28.9. The molecule has 1 aromatic carbocycles. The molecule has 11 N–H and O–H groups in total. The Bertz CT molecular complexity index is 1050. The average molecular weight is 545 g/mol. The van der Waals surface area contributed by atoms with Crippen molar-refractivity contribution < 1.29 is 24.3 Å². The number of rotatable bonds is 14. The number of hydrogen-bond acceptors (Lipinski definition) is 6. The lowest BCUT2D eigenvalue weighted by atomic mass is 9.83. The predicted molar refractivity (Wildman–Crippen MR) is 147 cm³/mol. The van der Waals surface area contributed by atoms with Gasteiger partial charge in [0, 0.05) is 19.2 Å². The zero-order valence-electron chi connectivity index (χ0n) is 22.2. The SMILES string of the molecule is CNC(=O)C(Cc1ccc(C(=N)N)cc1)C(=O)N[C@H](C(=O)N[C@@H](CCCN=C(N)N)C(=O)O)C1CCCCC1. The zero-order valence-corrected chi connectivity index (χ0v) is 22.2. The van der Waals surface area contributed by atoms with Crippen molar-refractivity contribution in [3.63, 3.8) is 0 Å². The molecule has 3 atom stereocenters. The molecule has 1 fully saturated rings. The molecule has 1 unspecified atom stereocenters. The molecule has 3 amide bonds. The van der Waals surface area contributed by atoms with E-state index in [4.69, 9.17) is 22.6 Å². The Morgan fingerprint density at radius 1 is 1.00 bits per heavy atom. The molecule has 39 heavy (non-hydrogen) atoms. The molecule has 0 bridgehead atoms. The molecular weight excluding hydrogens is 504 g/mol. The van der Waals surface area contributed by atoms with Crippen molar-refractivity contribution >= 4 is 35.5 Å². The molecule has 13 nitrogen and oxygen atoms in total. The van der Waals surface area contributed by atoms with E-state index >= 15 is 0 Å². The molecular formula is C26H40N8O5.